The number of rotatable bonds is 5. The lowest BCUT2D eigenvalue weighted by molar-refractivity contribution is -0.129. The van der Waals surface area contributed by atoms with Crippen LogP contribution in [0.15, 0.2) is 66.7 Å². The lowest BCUT2D eigenvalue weighted by atomic mass is 10.1. The zero-order valence-corrected chi connectivity index (χ0v) is 16.0. The fraction of sp³-hybridized carbons (Fsp3) is 0.136. The van der Waals surface area contributed by atoms with Gasteiger partial charge >= 0.3 is 5.97 Å². The summed E-state index contributed by atoms with van der Waals surface area (Å²) in [7, 11) is 1.45. The van der Waals surface area contributed by atoms with Crippen molar-refractivity contribution in [1.29, 1.82) is 0 Å². The number of ether oxygens (including phenoxy) is 2. The number of hydrogen-bond acceptors (Lipinski definition) is 5. The molecule has 3 rings (SSSR count). The van der Waals surface area contributed by atoms with E-state index in [9.17, 15) is 14.4 Å². The number of fused-ring (bicyclic) bond motifs is 1. The summed E-state index contributed by atoms with van der Waals surface area (Å²) < 4.78 is 10.5. The number of hydrazine groups is 1. The van der Waals surface area contributed by atoms with Crippen LogP contribution in [0.1, 0.15) is 27.6 Å². The molecule has 0 saturated carbocycles. The van der Waals surface area contributed by atoms with Crippen LogP contribution >= 0.6 is 0 Å². The first-order valence-electron chi connectivity index (χ1n) is 8.92. The van der Waals surface area contributed by atoms with E-state index in [4.69, 9.17) is 9.47 Å². The van der Waals surface area contributed by atoms with Crippen molar-refractivity contribution >= 4 is 28.6 Å². The highest BCUT2D eigenvalue weighted by atomic mass is 16.5. The summed E-state index contributed by atoms with van der Waals surface area (Å²) in [6.45, 7) is 1.41. The minimum absolute atomic E-state index is 0.208. The Kier molecular flexibility index (Phi) is 6.09. The van der Waals surface area contributed by atoms with Crippen LogP contribution in [0, 0.1) is 0 Å². The van der Waals surface area contributed by atoms with Crippen LogP contribution in [0.25, 0.3) is 10.8 Å². The van der Waals surface area contributed by atoms with Gasteiger partial charge in [-0.25, -0.2) is 4.79 Å². The maximum Gasteiger partial charge on any atom is 0.342 e. The van der Waals surface area contributed by atoms with Crippen molar-refractivity contribution in [3.8, 4) is 5.75 Å². The van der Waals surface area contributed by atoms with Crippen LogP contribution in [-0.2, 0) is 9.53 Å². The molecule has 0 saturated heterocycles. The molecule has 0 radical (unpaired) electrons. The van der Waals surface area contributed by atoms with E-state index in [0.717, 1.165) is 10.8 Å². The molecule has 3 aromatic rings. The molecule has 29 heavy (non-hydrogen) atoms. The maximum absolute atomic E-state index is 12.6. The Bertz CT molecular complexity index is 1050. The highest BCUT2D eigenvalue weighted by Crippen LogP contribution is 2.26. The highest BCUT2D eigenvalue weighted by molar-refractivity contribution is 6.00. The topological polar surface area (TPSA) is 93.7 Å². The van der Waals surface area contributed by atoms with Gasteiger partial charge in [0.15, 0.2) is 6.10 Å². The first-order valence-corrected chi connectivity index (χ1v) is 8.92. The second-order valence-electron chi connectivity index (χ2n) is 6.26. The second kappa shape index (κ2) is 8.88. The van der Waals surface area contributed by atoms with Crippen molar-refractivity contribution in [2.75, 3.05) is 7.11 Å². The summed E-state index contributed by atoms with van der Waals surface area (Å²) in [6, 6.07) is 19.3. The van der Waals surface area contributed by atoms with Gasteiger partial charge in [0.05, 0.1) is 7.11 Å². The SMILES string of the molecule is COc1cc2ccccc2cc1C(=O)O[C@@H](C)C(=O)NNC(=O)c1ccccc1. The molecule has 2 amide bonds. The molecule has 0 aromatic heterocycles. The van der Waals surface area contributed by atoms with Gasteiger partial charge in [-0.1, -0.05) is 42.5 Å². The van der Waals surface area contributed by atoms with Crippen molar-refractivity contribution in [3.63, 3.8) is 0 Å². The van der Waals surface area contributed by atoms with Gasteiger partial charge in [0, 0.05) is 5.56 Å². The Morgan fingerprint density at radius 3 is 2.14 bits per heavy atom. The summed E-state index contributed by atoms with van der Waals surface area (Å²) in [5, 5.41) is 1.75. The third-order valence-corrected chi connectivity index (χ3v) is 4.28. The number of carbonyl (C=O) groups excluding carboxylic acids is 3. The molecule has 0 aliphatic rings. The van der Waals surface area contributed by atoms with Crippen molar-refractivity contribution < 1.29 is 23.9 Å². The summed E-state index contributed by atoms with van der Waals surface area (Å²) in [5.74, 6) is -1.50. The van der Waals surface area contributed by atoms with Crippen LogP contribution in [0.4, 0.5) is 0 Å². The molecule has 3 aromatic carbocycles. The van der Waals surface area contributed by atoms with Gasteiger partial charge in [-0.05, 0) is 42.0 Å². The molecule has 0 bridgehead atoms. The number of nitrogens with one attached hydrogen (secondary N) is 2. The first-order chi connectivity index (χ1) is 14.0. The number of hydrogen-bond donors (Lipinski definition) is 2. The summed E-state index contributed by atoms with van der Waals surface area (Å²) in [5.41, 5.74) is 5.13. The third-order valence-electron chi connectivity index (χ3n) is 4.28. The molecule has 0 heterocycles. The van der Waals surface area contributed by atoms with Gasteiger partial charge in [-0.15, -0.1) is 0 Å². The molecule has 7 heteroatoms. The molecule has 7 nitrogen and oxygen atoms in total. The van der Waals surface area contributed by atoms with Gasteiger partial charge < -0.3 is 9.47 Å². The van der Waals surface area contributed by atoms with E-state index < -0.39 is 23.9 Å². The van der Waals surface area contributed by atoms with Crippen LogP contribution in [0.3, 0.4) is 0 Å². The standard InChI is InChI=1S/C22H20N2O5/c1-14(20(25)23-24-21(26)15-8-4-3-5-9-15)29-22(27)18-12-16-10-6-7-11-17(16)13-19(18)28-2/h3-14H,1-2H3,(H,23,25)(H,24,26)/t14-/m0/s1. The van der Waals surface area contributed by atoms with Crippen molar-refractivity contribution in [1.82, 2.24) is 10.9 Å². The fourth-order valence-electron chi connectivity index (χ4n) is 2.71. The average Bonchev–Trinajstić information content (AvgIpc) is 2.76. The molecular weight excluding hydrogens is 372 g/mol. The lowest BCUT2D eigenvalue weighted by Crippen LogP contribution is -2.46. The molecular formula is C22H20N2O5. The molecule has 0 fully saturated rings. The molecule has 148 valence electrons. The molecule has 1 atom stereocenters. The average molecular weight is 392 g/mol. The Balaban J connectivity index is 1.64. The van der Waals surface area contributed by atoms with E-state index in [1.807, 2.05) is 24.3 Å². The van der Waals surface area contributed by atoms with Crippen molar-refractivity contribution in [3.05, 3.63) is 77.9 Å². The van der Waals surface area contributed by atoms with Crippen LogP contribution in [0.2, 0.25) is 0 Å². The van der Waals surface area contributed by atoms with Crippen LogP contribution in [-0.4, -0.2) is 31.0 Å². The normalized spacial score (nSPS) is 11.4. The maximum atomic E-state index is 12.6. The predicted octanol–water partition coefficient (Wildman–Crippen LogP) is 2.85. The van der Waals surface area contributed by atoms with Crippen molar-refractivity contribution in [2.45, 2.75) is 13.0 Å². The van der Waals surface area contributed by atoms with E-state index in [1.165, 1.54) is 14.0 Å². The monoisotopic (exact) mass is 392 g/mol. The van der Waals surface area contributed by atoms with E-state index in [-0.39, 0.29) is 5.56 Å². The van der Waals surface area contributed by atoms with Crippen LogP contribution in [0.5, 0.6) is 5.75 Å². The molecule has 0 unspecified atom stereocenters. The molecule has 0 aliphatic heterocycles. The zero-order valence-electron chi connectivity index (χ0n) is 16.0. The smallest absolute Gasteiger partial charge is 0.342 e. The van der Waals surface area contributed by atoms with Gasteiger partial charge in [0.25, 0.3) is 11.8 Å². The summed E-state index contributed by atoms with van der Waals surface area (Å²) in [4.78, 5) is 36.7. The first kappa shape index (κ1) is 19.9. The summed E-state index contributed by atoms with van der Waals surface area (Å²) in [6.07, 6.45) is -1.13. The number of carbonyl (C=O) groups is 3. The molecule has 0 spiro atoms. The molecule has 2 N–H and O–H groups in total. The number of amides is 2. The van der Waals surface area contributed by atoms with E-state index in [2.05, 4.69) is 10.9 Å². The number of benzene rings is 3. The zero-order chi connectivity index (χ0) is 20.8. The largest absolute Gasteiger partial charge is 0.496 e. The van der Waals surface area contributed by atoms with Gasteiger partial charge in [0.2, 0.25) is 0 Å². The second-order valence-corrected chi connectivity index (χ2v) is 6.26. The Hall–Kier alpha value is -3.87. The quantitative estimate of drug-likeness (QED) is 0.514. The minimum Gasteiger partial charge on any atom is -0.496 e. The number of methoxy groups -OCH3 is 1. The van der Waals surface area contributed by atoms with Gasteiger partial charge in [-0.3, -0.25) is 20.4 Å². The van der Waals surface area contributed by atoms with Gasteiger partial charge in [-0.2, -0.15) is 0 Å². The summed E-state index contributed by atoms with van der Waals surface area (Å²) >= 11 is 0. The Morgan fingerprint density at radius 1 is 0.862 bits per heavy atom. The van der Waals surface area contributed by atoms with Gasteiger partial charge in [0.1, 0.15) is 11.3 Å². The Labute approximate surface area is 167 Å². The predicted molar refractivity (Wildman–Crippen MR) is 107 cm³/mol. The molecule has 0 aliphatic carbocycles. The van der Waals surface area contributed by atoms with Crippen molar-refractivity contribution in [2.24, 2.45) is 0 Å². The van der Waals surface area contributed by atoms with E-state index in [0.29, 0.717) is 11.3 Å². The van der Waals surface area contributed by atoms with Crippen LogP contribution < -0.4 is 15.6 Å². The van der Waals surface area contributed by atoms with E-state index in [1.54, 1.807) is 42.5 Å². The third kappa shape index (κ3) is 4.70. The minimum atomic E-state index is -1.13. The number of esters is 1. The van der Waals surface area contributed by atoms with E-state index >= 15 is 0 Å². The highest BCUT2D eigenvalue weighted by Gasteiger charge is 2.22. The fourth-order valence-corrected chi connectivity index (χ4v) is 2.71. The Morgan fingerprint density at radius 2 is 1.48 bits per heavy atom. The lowest BCUT2D eigenvalue weighted by Gasteiger charge is -2.15.